The molecule has 0 bridgehead atoms. The van der Waals surface area contributed by atoms with E-state index in [-0.39, 0.29) is 37.4 Å². The topological polar surface area (TPSA) is 92.5 Å². The molecule has 1 amide bonds. The van der Waals surface area contributed by atoms with Gasteiger partial charge in [0.15, 0.2) is 0 Å². The van der Waals surface area contributed by atoms with Crippen LogP contribution in [0.25, 0.3) is 10.2 Å². The van der Waals surface area contributed by atoms with Crippen molar-refractivity contribution in [2.75, 3.05) is 13.1 Å². The summed E-state index contributed by atoms with van der Waals surface area (Å²) in [4.78, 5) is 41.2. The maximum absolute atomic E-state index is 12.2. The molecule has 1 N–H and O–H groups in total. The molecule has 2 aromatic heterocycles. The summed E-state index contributed by atoms with van der Waals surface area (Å²) in [5, 5.41) is 11.0. The van der Waals surface area contributed by atoms with Crippen LogP contribution in [0.2, 0.25) is 0 Å². The Bertz CT molecular complexity index is 737. The number of thiophene rings is 1. The number of aryl methyl sites for hydroxylation is 1. The first-order valence-electron chi connectivity index (χ1n) is 6.95. The van der Waals surface area contributed by atoms with Crippen LogP contribution in [0.15, 0.2) is 22.6 Å². The fraction of sp³-hybridized carbons (Fsp3) is 0.429. The summed E-state index contributed by atoms with van der Waals surface area (Å²) in [6, 6.07) is 1.72. The van der Waals surface area contributed by atoms with E-state index in [0.717, 1.165) is 0 Å². The number of fused-ring (bicyclic) bond motifs is 1. The minimum atomic E-state index is -0.936. The van der Waals surface area contributed by atoms with Crippen LogP contribution >= 0.6 is 11.3 Å². The number of carboxylic acids is 1. The van der Waals surface area contributed by atoms with E-state index in [1.54, 1.807) is 18.4 Å². The summed E-state index contributed by atoms with van der Waals surface area (Å²) in [5.74, 6) is -1.10. The zero-order valence-electron chi connectivity index (χ0n) is 12.2. The van der Waals surface area contributed by atoms with Gasteiger partial charge in [-0.15, -0.1) is 11.3 Å². The van der Waals surface area contributed by atoms with Crippen LogP contribution in [-0.2, 0) is 16.1 Å². The molecule has 0 aliphatic heterocycles. The normalized spacial score (nSPS) is 10.8. The Labute approximate surface area is 130 Å². The number of carboxylic acid groups (broad SMARTS) is 1. The smallest absolute Gasteiger partial charge is 0.305 e. The average molecular weight is 323 g/mol. The second-order valence-electron chi connectivity index (χ2n) is 4.75. The van der Waals surface area contributed by atoms with Gasteiger partial charge in [-0.1, -0.05) is 0 Å². The molecule has 0 radical (unpaired) electrons. The molecule has 8 heteroatoms. The molecule has 0 fully saturated rings. The van der Waals surface area contributed by atoms with Crippen molar-refractivity contribution in [3.63, 3.8) is 0 Å². The molecule has 2 heterocycles. The first kappa shape index (κ1) is 16.2. The highest BCUT2D eigenvalue weighted by atomic mass is 32.1. The lowest BCUT2D eigenvalue weighted by Crippen LogP contribution is -2.34. The van der Waals surface area contributed by atoms with Crippen molar-refractivity contribution in [2.24, 2.45) is 0 Å². The van der Waals surface area contributed by atoms with Crippen molar-refractivity contribution in [3.05, 3.63) is 28.1 Å². The number of aliphatic carboxylic acids is 1. The molecular formula is C14H17N3O4S. The van der Waals surface area contributed by atoms with E-state index in [4.69, 9.17) is 5.11 Å². The van der Waals surface area contributed by atoms with E-state index in [9.17, 15) is 14.4 Å². The van der Waals surface area contributed by atoms with Crippen molar-refractivity contribution in [3.8, 4) is 0 Å². The number of carbonyl (C=O) groups excluding carboxylic acids is 1. The third-order valence-corrected chi connectivity index (χ3v) is 4.17. The fourth-order valence-electron chi connectivity index (χ4n) is 2.12. The SMILES string of the molecule is CCN(CCC(=O)O)C(=O)CCn1cnc2sccc2c1=O. The largest absolute Gasteiger partial charge is 0.481 e. The van der Waals surface area contributed by atoms with Crippen molar-refractivity contribution in [1.82, 2.24) is 14.5 Å². The van der Waals surface area contributed by atoms with E-state index >= 15 is 0 Å². The summed E-state index contributed by atoms with van der Waals surface area (Å²) in [5.41, 5.74) is -0.160. The predicted octanol–water partition coefficient (Wildman–Crippen LogP) is 1.17. The lowest BCUT2D eigenvalue weighted by atomic mass is 10.3. The molecule has 0 aliphatic rings. The summed E-state index contributed by atoms with van der Waals surface area (Å²) in [7, 11) is 0. The molecule has 0 aliphatic carbocycles. The van der Waals surface area contributed by atoms with Gasteiger partial charge in [0.1, 0.15) is 4.83 Å². The maximum Gasteiger partial charge on any atom is 0.305 e. The molecule has 0 unspecified atom stereocenters. The number of rotatable bonds is 7. The Morgan fingerprint density at radius 2 is 2.18 bits per heavy atom. The molecule has 0 atom stereocenters. The van der Waals surface area contributed by atoms with Crippen LogP contribution in [0.5, 0.6) is 0 Å². The third kappa shape index (κ3) is 3.70. The van der Waals surface area contributed by atoms with Gasteiger partial charge in [-0.25, -0.2) is 4.98 Å². The Morgan fingerprint density at radius 1 is 1.41 bits per heavy atom. The van der Waals surface area contributed by atoms with Gasteiger partial charge in [0, 0.05) is 26.1 Å². The van der Waals surface area contributed by atoms with E-state index < -0.39 is 5.97 Å². The maximum atomic E-state index is 12.2. The predicted molar refractivity (Wildman–Crippen MR) is 83.0 cm³/mol. The quantitative estimate of drug-likeness (QED) is 0.826. The molecular weight excluding hydrogens is 306 g/mol. The molecule has 0 aromatic carbocycles. The number of amides is 1. The zero-order valence-corrected chi connectivity index (χ0v) is 13.0. The molecule has 0 saturated heterocycles. The number of aromatic nitrogens is 2. The van der Waals surface area contributed by atoms with Gasteiger partial charge in [-0.05, 0) is 18.4 Å². The minimum Gasteiger partial charge on any atom is -0.481 e. The second-order valence-corrected chi connectivity index (χ2v) is 5.64. The third-order valence-electron chi connectivity index (χ3n) is 3.35. The summed E-state index contributed by atoms with van der Waals surface area (Å²) >= 11 is 1.40. The molecule has 7 nitrogen and oxygen atoms in total. The van der Waals surface area contributed by atoms with Crippen LogP contribution in [0.3, 0.4) is 0 Å². The van der Waals surface area contributed by atoms with E-state index in [2.05, 4.69) is 4.98 Å². The van der Waals surface area contributed by atoms with Gasteiger partial charge in [0.2, 0.25) is 5.91 Å². The summed E-state index contributed by atoms with van der Waals surface area (Å²) in [6.45, 7) is 2.66. The Balaban J connectivity index is 2.01. The van der Waals surface area contributed by atoms with Gasteiger partial charge in [-0.2, -0.15) is 0 Å². The minimum absolute atomic E-state index is 0.0814. The van der Waals surface area contributed by atoms with Crippen LogP contribution < -0.4 is 5.56 Å². The number of hydrogen-bond acceptors (Lipinski definition) is 5. The van der Waals surface area contributed by atoms with Crippen LogP contribution in [-0.4, -0.2) is 44.5 Å². The van der Waals surface area contributed by atoms with Crippen molar-refractivity contribution >= 4 is 33.4 Å². The van der Waals surface area contributed by atoms with Crippen molar-refractivity contribution in [2.45, 2.75) is 26.3 Å². The molecule has 0 spiro atoms. The molecule has 2 rings (SSSR count). The van der Waals surface area contributed by atoms with Crippen molar-refractivity contribution < 1.29 is 14.7 Å². The standard InChI is InChI=1S/C14H17N3O4S/c1-2-16(7-4-12(19)20)11(18)3-6-17-9-15-13-10(14(17)21)5-8-22-13/h5,8-9H,2-4,6-7H2,1H3,(H,19,20). The number of hydrogen-bond donors (Lipinski definition) is 1. The first-order chi connectivity index (χ1) is 10.5. The Kier molecular flexibility index (Phi) is 5.26. The number of carbonyl (C=O) groups is 2. The van der Waals surface area contributed by atoms with Gasteiger partial charge in [0.05, 0.1) is 18.1 Å². The van der Waals surface area contributed by atoms with Crippen LogP contribution in [0.4, 0.5) is 0 Å². The Hall–Kier alpha value is -2.22. The first-order valence-corrected chi connectivity index (χ1v) is 7.83. The Morgan fingerprint density at radius 3 is 2.86 bits per heavy atom. The molecule has 118 valence electrons. The average Bonchev–Trinajstić information content (AvgIpc) is 2.96. The molecule has 2 aromatic rings. The van der Waals surface area contributed by atoms with E-state index in [1.165, 1.54) is 27.1 Å². The lowest BCUT2D eigenvalue weighted by Gasteiger charge is -2.20. The monoisotopic (exact) mass is 323 g/mol. The van der Waals surface area contributed by atoms with E-state index in [1.807, 2.05) is 0 Å². The van der Waals surface area contributed by atoms with Crippen LogP contribution in [0.1, 0.15) is 19.8 Å². The number of nitrogens with zero attached hydrogens (tertiary/aromatic N) is 3. The molecule has 22 heavy (non-hydrogen) atoms. The highest BCUT2D eigenvalue weighted by Gasteiger charge is 2.14. The lowest BCUT2D eigenvalue weighted by molar-refractivity contribution is -0.138. The second kappa shape index (κ2) is 7.17. The van der Waals surface area contributed by atoms with Crippen LogP contribution in [0, 0.1) is 0 Å². The summed E-state index contributed by atoms with van der Waals surface area (Å²) in [6.07, 6.45) is 1.51. The highest BCUT2D eigenvalue weighted by molar-refractivity contribution is 7.16. The fourth-order valence-corrected chi connectivity index (χ4v) is 2.84. The van der Waals surface area contributed by atoms with Gasteiger partial charge in [-0.3, -0.25) is 19.0 Å². The summed E-state index contributed by atoms with van der Waals surface area (Å²) < 4.78 is 1.41. The molecule has 0 saturated carbocycles. The van der Waals surface area contributed by atoms with Gasteiger partial charge in [0.25, 0.3) is 5.56 Å². The van der Waals surface area contributed by atoms with E-state index in [0.29, 0.717) is 16.8 Å². The van der Waals surface area contributed by atoms with Gasteiger partial charge >= 0.3 is 5.97 Å². The van der Waals surface area contributed by atoms with Gasteiger partial charge < -0.3 is 10.0 Å². The highest BCUT2D eigenvalue weighted by Crippen LogP contribution is 2.13. The zero-order chi connectivity index (χ0) is 16.1. The van der Waals surface area contributed by atoms with Crippen molar-refractivity contribution in [1.29, 1.82) is 0 Å².